The van der Waals surface area contributed by atoms with Crippen LogP contribution in [0.25, 0.3) is 22.6 Å². The first-order valence-electron chi connectivity index (χ1n) is 9.46. The Hall–Kier alpha value is -3.11. The van der Waals surface area contributed by atoms with Gasteiger partial charge in [0.2, 0.25) is 0 Å². The summed E-state index contributed by atoms with van der Waals surface area (Å²) in [6.07, 6.45) is -1.63. The number of halogens is 5. The first kappa shape index (κ1) is 23.1. The molecule has 4 aromatic rings. The second kappa shape index (κ2) is 9.40. The van der Waals surface area contributed by atoms with Crippen molar-refractivity contribution in [1.29, 1.82) is 0 Å². The molecule has 1 N–H and O–H groups in total. The molecule has 0 saturated heterocycles. The molecule has 1 aromatic carbocycles. The van der Waals surface area contributed by atoms with Crippen LogP contribution in [0.5, 0.6) is 11.5 Å². The molecule has 4 rings (SSSR count). The quantitative estimate of drug-likeness (QED) is 0.281. The molecule has 3 heterocycles. The van der Waals surface area contributed by atoms with Crippen LogP contribution in [0.15, 0.2) is 59.5 Å². The highest BCUT2D eigenvalue weighted by atomic mass is 79.9. The van der Waals surface area contributed by atoms with Gasteiger partial charge in [-0.2, -0.15) is 13.2 Å². The Balaban J connectivity index is 1.59. The fourth-order valence-electron chi connectivity index (χ4n) is 3.11. The summed E-state index contributed by atoms with van der Waals surface area (Å²) in [5, 5.41) is 0.370. The molecule has 0 bridgehead atoms. The number of alkyl halides is 3. The number of pyridine rings is 2. The summed E-state index contributed by atoms with van der Waals surface area (Å²) in [6.45, 7) is -0.348. The van der Waals surface area contributed by atoms with Crippen LogP contribution in [0.3, 0.4) is 0 Å². The Bertz CT molecular complexity index is 1280. The fraction of sp³-hybridized carbons (Fsp3) is 0.136. The number of methoxy groups -OCH3 is 1. The van der Waals surface area contributed by atoms with Crippen molar-refractivity contribution >= 4 is 27.5 Å². The van der Waals surface area contributed by atoms with Gasteiger partial charge in [0.25, 0.3) is 0 Å². The van der Waals surface area contributed by atoms with E-state index in [0.717, 1.165) is 11.6 Å². The highest BCUT2D eigenvalue weighted by Gasteiger charge is 2.34. The Morgan fingerprint density at radius 2 is 1.94 bits per heavy atom. The zero-order chi connectivity index (χ0) is 23.6. The van der Waals surface area contributed by atoms with Gasteiger partial charge in [-0.05, 0) is 52.3 Å². The SMILES string of the molecule is COc1cc(OCc2ncccc2C(F)(F)F)ccc1-c1[nH]c(-c2ccc(Cl)nc2)nc1Br. The molecule has 170 valence electrons. The fourth-order valence-corrected chi connectivity index (χ4v) is 3.72. The standard InChI is InChI=1S/C22H15BrClF3N4O2/c1-32-17-9-13(33-11-16-15(22(25,26)27)3-2-8-28-16)5-6-14(17)19-20(23)31-21(30-19)12-4-7-18(24)29-10-12/h2-10H,11H2,1H3,(H,30,31). The van der Waals surface area contributed by atoms with Crippen LogP contribution >= 0.6 is 27.5 Å². The molecular formula is C22H15BrClF3N4O2. The lowest BCUT2D eigenvalue weighted by Crippen LogP contribution is -2.12. The molecule has 11 heteroatoms. The van der Waals surface area contributed by atoms with Gasteiger partial charge in [-0.3, -0.25) is 4.98 Å². The van der Waals surface area contributed by atoms with Gasteiger partial charge >= 0.3 is 6.18 Å². The van der Waals surface area contributed by atoms with E-state index >= 15 is 0 Å². The van der Waals surface area contributed by atoms with Crippen molar-refractivity contribution in [1.82, 2.24) is 19.9 Å². The lowest BCUT2D eigenvalue weighted by molar-refractivity contribution is -0.138. The van der Waals surface area contributed by atoms with Gasteiger partial charge in [0.1, 0.15) is 33.7 Å². The maximum atomic E-state index is 13.2. The van der Waals surface area contributed by atoms with E-state index in [4.69, 9.17) is 21.1 Å². The minimum absolute atomic E-state index is 0.203. The summed E-state index contributed by atoms with van der Waals surface area (Å²) in [5.41, 5.74) is 1.02. The number of aromatic amines is 1. The molecule has 6 nitrogen and oxygen atoms in total. The molecular weight excluding hydrogens is 525 g/mol. The third-order valence-electron chi connectivity index (χ3n) is 4.67. The van der Waals surface area contributed by atoms with Gasteiger partial charge in [-0.25, -0.2) is 9.97 Å². The zero-order valence-electron chi connectivity index (χ0n) is 17.0. The molecule has 0 radical (unpaired) electrons. The van der Waals surface area contributed by atoms with Crippen molar-refractivity contribution in [2.45, 2.75) is 12.8 Å². The maximum absolute atomic E-state index is 13.2. The molecule has 0 aliphatic carbocycles. The third kappa shape index (κ3) is 5.12. The molecule has 0 atom stereocenters. The monoisotopic (exact) mass is 538 g/mol. The second-order valence-electron chi connectivity index (χ2n) is 6.77. The second-order valence-corrected chi connectivity index (χ2v) is 7.91. The van der Waals surface area contributed by atoms with E-state index in [1.807, 2.05) is 0 Å². The number of nitrogens with zero attached hydrogens (tertiary/aromatic N) is 3. The summed E-state index contributed by atoms with van der Waals surface area (Å²) < 4.78 is 51.1. The van der Waals surface area contributed by atoms with Gasteiger partial charge < -0.3 is 14.5 Å². The number of benzene rings is 1. The Kier molecular flexibility index (Phi) is 6.57. The molecule has 0 saturated carbocycles. The van der Waals surface area contributed by atoms with Crippen molar-refractivity contribution in [2.24, 2.45) is 0 Å². The smallest absolute Gasteiger partial charge is 0.418 e. The summed E-state index contributed by atoms with van der Waals surface area (Å²) in [7, 11) is 1.48. The van der Waals surface area contributed by atoms with E-state index in [1.54, 1.807) is 36.5 Å². The first-order valence-corrected chi connectivity index (χ1v) is 10.6. The Morgan fingerprint density at radius 3 is 2.64 bits per heavy atom. The highest BCUT2D eigenvalue weighted by Crippen LogP contribution is 2.38. The van der Waals surface area contributed by atoms with E-state index in [1.165, 1.54) is 19.4 Å². The number of hydrogen-bond donors (Lipinski definition) is 1. The summed E-state index contributed by atoms with van der Waals surface area (Å²) in [4.78, 5) is 15.5. The number of hydrogen-bond acceptors (Lipinski definition) is 5. The topological polar surface area (TPSA) is 72.9 Å². The van der Waals surface area contributed by atoms with Crippen molar-refractivity contribution in [3.63, 3.8) is 0 Å². The van der Waals surface area contributed by atoms with Crippen molar-refractivity contribution in [3.8, 4) is 34.1 Å². The minimum Gasteiger partial charge on any atom is -0.496 e. The predicted octanol–water partition coefficient (Wildman–Crippen LogP) is 6.56. The summed E-state index contributed by atoms with van der Waals surface area (Å²) in [6, 6.07) is 10.6. The number of nitrogens with one attached hydrogen (secondary N) is 1. The largest absolute Gasteiger partial charge is 0.496 e. The number of aromatic nitrogens is 4. The molecule has 0 aliphatic rings. The number of ether oxygens (including phenoxy) is 2. The van der Waals surface area contributed by atoms with Crippen LogP contribution in [0.4, 0.5) is 13.2 Å². The molecule has 3 aromatic heterocycles. The van der Waals surface area contributed by atoms with Gasteiger partial charge in [0.05, 0.1) is 24.1 Å². The van der Waals surface area contributed by atoms with Crippen LogP contribution in [-0.4, -0.2) is 27.0 Å². The number of H-pyrrole nitrogens is 1. The third-order valence-corrected chi connectivity index (χ3v) is 5.47. The lowest BCUT2D eigenvalue weighted by atomic mass is 10.1. The van der Waals surface area contributed by atoms with E-state index in [2.05, 4.69) is 35.9 Å². The number of rotatable bonds is 6. The van der Waals surface area contributed by atoms with Crippen molar-refractivity contribution < 1.29 is 22.6 Å². The Morgan fingerprint density at radius 1 is 1.12 bits per heavy atom. The average molecular weight is 540 g/mol. The molecule has 0 amide bonds. The van der Waals surface area contributed by atoms with E-state index in [-0.39, 0.29) is 12.3 Å². The zero-order valence-corrected chi connectivity index (χ0v) is 19.3. The molecule has 33 heavy (non-hydrogen) atoms. The minimum atomic E-state index is -4.52. The van der Waals surface area contributed by atoms with Crippen LogP contribution in [-0.2, 0) is 12.8 Å². The van der Waals surface area contributed by atoms with Gasteiger partial charge in [-0.1, -0.05) is 11.6 Å². The van der Waals surface area contributed by atoms with Crippen LogP contribution in [0.1, 0.15) is 11.3 Å². The predicted molar refractivity (Wildman–Crippen MR) is 120 cm³/mol. The van der Waals surface area contributed by atoms with Gasteiger partial charge in [0.15, 0.2) is 0 Å². The first-order chi connectivity index (χ1) is 15.8. The molecule has 0 fully saturated rings. The normalized spacial score (nSPS) is 11.5. The van der Waals surface area contributed by atoms with E-state index in [9.17, 15) is 13.2 Å². The summed E-state index contributed by atoms with van der Waals surface area (Å²) in [5.74, 6) is 1.33. The van der Waals surface area contributed by atoms with Gasteiger partial charge in [0, 0.05) is 29.6 Å². The van der Waals surface area contributed by atoms with Crippen LogP contribution < -0.4 is 9.47 Å². The van der Waals surface area contributed by atoms with Crippen LogP contribution in [0, 0.1) is 0 Å². The molecule has 0 aliphatic heterocycles. The highest BCUT2D eigenvalue weighted by molar-refractivity contribution is 9.10. The number of imidazole rings is 1. The Labute approximate surface area is 199 Å². The van der Waals surface area contributed by atoms with Crippen LogP contribution in [0.2, 0.25) is 5.15 Å². The molecule has 0 unspecified atom stereocenters. The van der Waals surface area contributed by atoms with Crippen molar-refractivity contribution in [3.05, 3.63) is 75.9 Å². The van der Waals surface area contributed by atoms with E-state index < -0.39 is 11.7 Å². The van der Waals surface area contributed by atoms with Gasteiger partial charge in [-0.15, -0.1) is 0 Å². The lowest BCUT2D eigenvalue weighted by Gasteiger charge is -2.14. The average Bonchev–Trinajstić information content (AvgIpc) is 3.18. The van der Waals surface area contributed by atoms with E-state index in [0.29, 0.717) is 38.3 Å². The summed E-state index contributed by atoms with van der Waals surface area (Å²) >= 11 is 9.29. The van der Waals surface area contributed by atoms with Crippen molar-refractivity contribution in [2.75, 3.05) is 7.11 Å². The maximum Gasteiger partial charge on any atom is 0.418 e. The molecule has 0 spiro atoms.